The van der Waals surface area contributed by atoms with Crippen molar-refractivity contribution in [1.29, 1.82) is 0 Å². The Bertz CT molecular complexity index is 466. The molecule has 4 nitrogen and oxygen atoms in total. The Balaban J connectivity index is 2.56. The van der Waals surface area contributed by atoms with Crippen molar-refractivity contribution in [1.82, 2.24) is 9.78 Å². The molecule has 1 aromatic heterocycles. The molecule has 1 saturated carbocycles. The summed E-state index contributed by atoms with van der Waals surface area (Å²) in [7, 11) is 1.35. The highest BCUT2D eigenvalue weighted by Gasteiger charge is 2.52. The molecule has 2 rings (SSSR count). The second-order valence-corrected chi connectivity index (χ2v) is 5.04. The van der Waals surface area contributed by atoms with Crippen LogP contribution in [0, 0.1) is 0 Å². The number of aliphatic hydroxyl groups excluding tert-OH is 1. The van der Waals surface area contributed by atoms with Gasteiger partial charge in [-0.2, -0.15) is 18.3 Å². The van der Waals surface area contributed by atoms with Crippen LogP contribution in [0.3, 0.4) is 0 Å². The Kier molecular flexibility index (Phi) is 3.11. The number of hydrogen-bond acceptors (Lipinski definition) is 3. The normalized spacial score (nSPS) is 28.3. The standard InChI is InChI=1S/C10H13ClF3N3O/c1-17-8(11)6(7(16-17)10(12,13)14)9(4-15)2-5(18)3-9/h5,18H,2-4,15H2,1H3. The monoisotopic (exact) mass is 283 g/mol. The maximum Gasteiger partial charge on any atom is 0.435 e. The van der Waals surface area contributed by atoms with Crippen LogP contribution in [0.2, 0.25) is 5.15 Å². The van der Waals surface area contributed by atoms with E-state index < -0.39 is 23.4 Å². The number of aliphatic hydroxyl groups is 1. The predicted molar refractivity (Wildman–Crippen MR) is 59.2 cm³/mol. The van der Waals surface area contributed by atoms with Gasteiger partial charge < -0.3 is 10.8 Å². The zero-order chi connectivity index (χ0) is 13.7. The third-order valence-corrected chi connectivity index (χ3v) is 3.85. The van der Waals surface area contributed by atoms with Crippen LogP contribution < -0.4 is 5.73 Å². The molecule has 0 atom stereocenters. The lowest BCUT2D eigenvalue weighted by molar-refractivity contribution is -0.143. The smallest absolute Gasteiger partial charge is 0.393 e. The topological polar surface area (TPSA) is 64.1 Å². The first-order valence-corrected chi connectivity index (χ1v) is 5.77. The van der Waals surface area contributed by atoms with Crippen molar-refractivity contribution in [2.24, 2.45) is 12.8 Å². The van der Waals surface area contributed by atoms with E-state index in [1.807, 2.05) is 0 Å². The van der Waals surface area contributed by atoms with Crippen LogP contribution in [-0.4, -0.2) is 27.5 Å². The van der Waals surface area contributed by atoms with E-state index in [2.05, 4.69) is 5.10 Å². The van der Waals surface area contributed by atoms with E-state index in [9.17, 15) is 18.3 Å². The molecule has 18 heavy (non-hydrogen) atoms. The second-order valence-electron chi connectivity index (χ2n) is 4.68. The van der Waals surface area contributed by atoms with Crippen molar-refractivity contribution in [3.05, 3.63) is 16.4 Å². The number of aryl methyl sites for hydroxylation is 1. The lowest BCUT2D eigenvalue weighted by Gasteiger charge is -2.45. The van der Waals surface area contributed by atoms with E-state index in [1.54, 1.807) is 0 Å². The number of nitrogens with zero attached hydrogens (tertiary/aromatic N) is 2. The lowest BCUT2D eigenvalue weighted by Crippen LogP contribution is -2.50. The number of hydrogen-bond donors (Lipinski definition) is 2. The summed E-state index contributed by atoms with van der Waals surface area (Å²) in [4.78, 5) is 0. The minimum Gasteiger partial charge on any atom is -0.393 e. The summed E-state index contributed by atoms with van der Waals surface area (Å²) in [6.07, 6.45) is -4.86. The van der Waals surface area contributed by atoms with Crippen molar-refractivity contribution in [3.8, 4) is 0 Å². The molecule has 1 aromatic rings. The van der Waals surface area contributed by atoms with E-state index >= 15 is 0 Å². The molecular formula is C10H13ClF3N3O. The van der Waals surface area contributed by atoms with Crippen molar-refractivity contribution < 1.29 is 18.3 Å². The highest BCUT2D eigenvalue weighted by Crippen LogP contribution is 2.49. The fourth-order valence-corrected chi connectivity index (χ4v) is 2.81. The Morgan fingerprint density at radius 2 is 2.11 bits per heavy atom. The van der Waals surface area contributed by atoms with E-state index in [1.165, 1.54) is 7.05 Å². The molecule has 0 amide bonds. The van der Waals surface area contributed by atoms with Crippen molar-refractivity contribution >= 4 is 11.6 Å². The molecule has 102 valence electrons. The van der Waals surface area contributed by atoms with Crippen LogP contribution in [0.1, 0.15) is 24.1 Å². The Labute approximate surface area is 107 Å². The largest absolute Gasteiger partial charge is 0.435 e. The Hall–Kier alpha value is -0.790. The summed E-state index contributed by atoms with van der Waals surface area (Å²) < 4.78 is 39.8. The third-order valence-electron chi connectivity index (χ3n) is 3.42. The summed E-state index contributed by atoms with van der Waals surface area (Å²) >= 11 is 5.91. The van der Waals surface area contributed by atoms with Crippen LogP contribution in [-0.2, 0) is 18.6 Å². The SMILES string of the molecule is Cn1nc(C(F)(F)F)c(C2(CN)CC(O)C2)c1Cl. The van der Waals surface area contributed by atoms with Gasteiger partial charge in [-0.1, -0.05) is 11.6 Å². The molecule has 1 aliphatic rings. The van der Waals surface area contributed by atoms with Crippen molar-refractivity contribution in [3.63, 3.8) is 0 Å². The minimum atomic E-state index is -4.58. The van der Waals surface area contributed by atoms with Gasteiger partial charge in [0.1, 0.15) is 5.15 Å². The summed E-state index contributed by atoms with van der Waals surface area (Å²) in [5.41, 5.74) is 3.56. The summed E-state index contributed by atoms with van der Waals surface area (Å²) in [6, 6.07) is 0. The van der Waals surface area contributed by atoms with Gasteiger partial charge in [-0.3, -0.25) is 4.68 Å². The molecule has 0 bridgehead atoms. The quantitative estimate of drug-likeness (QED) is 0.863. The minimum absolute atomic E-state index is 0.00144. The highest BCUT2D eigenvalue weighted by atomic mass is 35.5. The molecule has 1 fully saturated rings. The van der Waals surface area contributed by atoms with Gasteiger partial charge in [-0.15, -0.1) is 0 Å². The molecule has 0 radical (unpaired) electrons. The lowest BCUT2D eigenvalue weighted by atomic mass is 9.62. The Morgan fingerprint density at radius 1 is 1.56 bits per heavy atom. The third kappa shape index (κ3) is 1.90. The van der Waals surface area contributed by atoms with Crippen molar-refractivity contribution in [2.75, 3.05) is 6.54 Å². The molecule has 1 aliphatic carbocycles. The van der Waals surface area contributed by atoms with Gasteiger partial charge in [0.2, 0.25) is 0 Å². The zero-order valence-electron chi connectivity index (χ0n) is 9.63. The van der Waals surface area contributed by atoms with Gasteiger partial charge in [0.15, 0.2) is 5.69 Å². The number of aromatic nitrogens is 2. The highest BCUT2D eigenvalue weighted by molar-refractivity contribution is 6.30. The molecular weight excluding hydrogens is 271 g/mol. The fourth-order valence-electron chi connectivity index (χ4n) is 2.49. The number of alkyl halides is 3. The first-order valence-electron chi connectivity index (χ1n) is 5.39. The first-order chi connectivity index (χ1) is 8.21. The van der Waals surface area contributed by atoms with Crippen LogP contribution in [0.25, 0.3) is 0 Å². The summed E-state index contributed by atoms with van der Waals surface area (Å²) in [6.45, 7) is -0.00144. The maximum atomic E-state index is 12.9. The second kappa shape index (κ2) is 4.11. The zero-order valence-corrected chi connectivity index (χ0v) is 10.4. The van der Waals surface area contributed by atoms with Crippen LogP contribution >= 0.6 is 11.6 Å². The predicted octanol–water partition coefficient (Wildman–Crippen LogP) is 1.44. The van der Waals surface area contributed by atoms with E-state index in [4.69, 9.17) is 17.3 Å². The average molecular weight is 284 g/mol. The molecule has 0 unspecified atom stereocenters. The van der Waals surface area contributed by atoms with E-state index in [0.717, 1.165) is 4.68 Å². The van der Waals surface area contributed by atoms with Gasteiger partial charge >= 0.3 is 6.18 Å². The summed E-state index contributed by atoms with van der Waals surface area (Å²) in [5, 5.41) is 12.7. The number of rotatable bonds is 2. The molecule has 0 saturated heterocycles. The van der Waals surface area contributed by atoms with Crippen LogP contribution in [0.4, 0.5) is 13.2 Å². The van der Waals surface area contributed by atoms with Crippen LogP contribution in [0.15, 0.2) is 0 Å². The molecule has 0 spiro atoms. The number of nitrogens with two attached hydrogens (primary N) is 1. The maximum absolute atomic E-state index is 12.9. The van der Waals surface area contributed by atoms with E-state index in [0.29, 0.717) is 0 Å². The molecule has 0 aliphatic heterocycles. The molecule has 8 heteroatoms. The van der Waals surface area contributed by atoms with Crippen molar-refractivity contribution in [2.45, 2.75) is 30.5 Å². The van der Waals surface area contributed by atoms with Gasteiger partial charge in [0.05, 0.1) is 6.10 Å². The molecule has 1 heterocycles. The van der Waals surface area contributed by atoms with Gasteiger partial charge in [-0.25, -0.2) is 0 Å². The average Bonchev–Trinajstić information content (AvgIpc) is 2.51. The fraction of sp³-hybridized carbons (Fsp3) is 0.700. The number of halogens is 4. The molecule has 3 N–H and O–H groups in total. The van der Waals surface area contributed by atoms with Gasteiger partial charge in [0, 0.05) is 24.6 Å². The van der Waals surface area contributed by atoms with Crippen LogP contribution in [0.5, 0.6) is 0 Å². The summed E-state index contributed by atoms with van der Waals surface area (Å²) in [5.74, 6) is 0. The van der Waals surface area contributed by atoms with E-state index in [-0.39, 0.29) is 30.1 Å². The van der Waals surface area contributed by atoms with Gasteiger partial charge in [-0.05, 0) is 12.8 Å². The first kappa shape index (κ1) is 13.6. The van der Waals surface area contributed by atoms with Gasteiger partial charge in [0.25, 0.3) is 0 Å². The molecule has 0 aromatic carbocycles. The Morgan fingerprint density at radius 3 is 2.50 bits per heavy atom.